The van der Waals surface area contributed by atoms with Crippen LogP contribution in [0.4, 0.5) is 8.78 Å². The van der Waals surface area contributed by atoms with Gasteiger partial charge in [-0.15, -0.1) is 0 Å². The molecule has 1 amide bonds. The van der Waals surface area contributed by atoms with Crippen LogP contribution in [0.3, 0.4) is 0 Å². The molecule has 6 heteroatoms. The van der Waals surface area contributed by atoms with Crippen LogP contribution in [-0.4, -0.2) is 17.4 Å². The van der Waals surface area contributed by atoms with E-state index >= 15 is 0 Å². The lowest BCUT2D eigenvalue weighted by molar-refractivity contribution is 0.0938. The first-order valence-electron chi connectivity index (χ1n) is 4.87. The first kappa shape index (κ1) is 13.0. The molecule has 1 heterocycles. The zero-order chi connectivity index (χ0) is 13.1. The summed E-state index contributed by atoms with van der Waals surface area (Å²) in [5, 5.41) is 11.1. The van der Waals surface area contributed by atoms with E-state index in [1.807, 2.05) is 6.07 Å². The van der Waals surface area contributed by atoms with Crippen LogP contribution in [0.15, 0.2) is 12.3 Å². The van der Waals surface area contributed by atoms with E-state index in [4.69, 9.17) is 5.26 Å². The molecule has 0 unspecified atom stereocenters. The third-order valence-electron chi connectivity index (χ3n) is 2.08. The molecule has 0 aliphatic carbocycles. The Morgan fingerprint density at radius 3 is 2.82 bits per heavy atom. The summed E-state index contributed by atoms with van der Waals surface area (Å²) in [6, 6.07) is 3.06. The Morgan fingerprint density at radius 1 is 1.59 bits per heavy atom. The van der Waals surface area contributed by atoms with E-state index in [9.17, 15) is 13.6 Å². The third-order valence-corrected chi connectivity index (χ3v) is 2.08. The summed E-state index contributed by atoms with van der Waals surface area (Å²) in [4.78, 5) is 14.6. The van der Waals surface area contributed by atoms with E-state index in [0.29, 0.717) is 0 Å². The van der Waals surface area contributed by atoms with Crippen molar-refractivity contribution in [1.29, 1.82) is 5.26 Å². The molecule has 0 spiro atoms. The van der Waals surface area contributed by atoms with Crippen molar-refractivity contribution in [3.63, 3.8) is 0 Å². The van der Waals surface area contributed by atoms with E-state index < -0.39 is 28.7 Å². The number of hydrogen-bond donors (Lipinski definition) is 1. The van der Waals surface area contributed by atoms with E-state index in [1.165, 1.54) is 0 Å². The van der Waals surface area contributed by atoms with Gasteiger partial charge in [-0.25, -0.2) is 9.37 Å². The lowest BCUT2D eigenvalue weighted by Crippen LogP contribution is -2.33. The third kappa shape index (κ3) is 3.21. The van der Waals surface area contributed by atoms with Crippen molar-refractivity contribution in [3.8, 4) is 6.07 Å². The van der Waals surface area contributed by atoms with Gasteiger partial charge in [0.25, 0.3) is 5.91 Å². The second-order valence-electron chi connectivity index (χ2n) is 4.14. The molecule has 1 N–H and O–H groups in total. The van der Waals surface area contributed by atoms with Crippen molar-refractivity contribution >= 4 is 5.91 Å². The highest BCUT2D eigenvalue weighted by molar-refractivity contribution is 5.94. The Bertz CT molecular complexity index is 480. The average molecular weight is 239 g/mol. The van der Waals surface area contributed by atoms with Gasteiger partial charge in [0, 0.05) is 12.7 Å². The molecule has 1 rings (SSSR count). The topological polar surface area (TPSA) is 65.8 Å². The number of nitrogens with one attached hydrogen (secondary N) is 1. The van der Waals surface area contributed by atoms with Gasteiger partial charge in [-0.2, -0.15) is 9.65 Å². The highest BCUT2D eigenvalue weighted by Gasteiger charge is 2.20. The lowest BCUT2D eigenvalue weighted by atomic mass is 9.96. The molecule has 0 radical (unpaired) electrons. The maximum atomic E-state index is 13.2. The molecule has 17 heavy (non-hydrogen) atoms. The van der Waals surface area contributed by atoms with Gasteiger partial charge in [-0.05, 0) is 19.9 Å². The predicted molar refractivity (Wildman–Crippen MR) is 55.9 cm³/mol. The summed E-state index contributed by atoms with van der Waals surface area (Å²) in [7, 11) is 0. The number of pyridine rings is 1. The maximum Gasteiger partial charge on any atom is 0.254 e. The molecule has 90 valence electrons. The summed E-state index contributed by atoms with van der Waals surface area (Å²) >= 11 is 0. The minimum absolute atomic E-state index is 0.0473. The summed E-state index contributed by atoms with van der Waals surface area (Å²) in [6.45, 7) is 3.29. The average Bonchev–Trinajstić information content (AvgIpc) is 2.30. The molecule has 0 atom stereocenters. The van der Waals surface area contributed by atoms with Crippen LogP contribution in [-0.2, 0) is 0 Å². The van der Waals surface area contributed by atoms with Gasteiger partial charge < -0.3 is 5.32 Å². The van der Waals surface area contributed by atoms with Crippen LogP contribution in [0.5, 0.6) is 0 Å². The fourth-order valence-electron chi connectivity index (χ4n) is 1.03. The zero-order valence-electron chi connectivity index (χ0n) is 9.42. The highest BCUT2D eigenvalue weighted by atomic mass is 19.2. The SMILES string of the molecule is CC(C)(C#N)CNC(=O)c1ccnc(F)c1F. The molecule has 0 saturated carbocycles. The zero-order valence-corrected chi connectivity index (χ0v) is 9.42. The molecule has 4 nitrogen and oxygen atoms in total. The first-order valence-corrected chi connectivity index (χ1v) is 4.87. The fourth-order valence-corrected chi connectivity index (χ4v) is 1.03. The highest BCUT2D eigenvalue weighted by Crippen LogP contribution is 2.12. The van der Waals surface area contributed by atoms with Gasteiger partial charge in [0.1, 0.15) is 0 Å². The molecule has 0 fully saturated rings. The molecule has 0 aliphatic heterocycles. The van der Waals surface area contributed by atoms with Crippen molar-refractivity contribution < 1.29 is 13.6 Å². The number of nitrogens with zero attached hydrogens (tertiary/aromatic N) is 2. The Morgan fingerprint density at radius 2 is 2.24 bits per heavy atom. The normalized spacial score (nSPS) is 10.8. The summed E-state index contributed by atoms with van der Waals surface area (Å²) in [5.74, 6) is -3.39. The van der Waals surface area contributed by atoms with Gasteiger partial charge >= 0.3 is 0 Å². The number of carbonyl (C=O) groups is 1. The van der Waals surface area contributed by atoms with E-state index in [-0.39, 0.29) is 6.54 Å². The Labute approximate surface area is 97.3 Å². The Balaban J connectivity index is 2.79. The number of carbonyl (C=O) groups excluding carboxylic acids is 1. The quantitative estimate of drug-likeness (QED) is 0.815. The van der Waals surface area contributed by atoms with Gasteiger partial charge in [0.15, 0.2) is 5.82 Å². The van der Waals surface area contributed by atoms with Crippen LogP contribution >= 0.6 is 0 Å². The summed E-state index contributed by atoms with van der Waals surface area (Å²) in [6.07, 6.45) is 1.00. The van der Waals surface area contributed by atoms with E-state index in [2.05, 4.69) is 10.3 Å². The number of rotatable bonds is 3. The molecule has 1 aromatic heterocycles. The molecule has 0 aliphatic rings. The van der Waals surface area contributed by atoms with E-state index in [1.54, 1.807) is 13.8 Å². The smallest absolute Gasteiger partial charge is 0.254 e. The number of amides is 1. The molecule has 0 saturated heterocycles. The standard InChI is InChI=1S/C11H11F2N3O/c1-11(2,5-14)6-16-10(17)7-3-4-15-9(13)8(7)12/h3-4H,6H2,1-2H3,(H,16,17). The van der Waals surface area contributed by atoms with Gasteiger partial charge in [0.2, 0.25) is 5.95 Å². The predicted octanol–water partition coefficient (Wildman–Crippen LogP) is 1.64. The van der Waals surface area contributed by atoms with Crippen LogP contribution in [0.1, 0.15) is 24.2 Å². The van der Waals surface area contributed by atoms with Crippen LogP contribution < -0.4 is 5.32 Å². The first-order chi connectivity index (χ1) is 7.87. The van der Waals surface area contributed by atoms with Crippen molar-refractivity contribution in [2.45, 2.75) is 13.8 Å². The lowest BCUT2D eigenvalue weighted by Gasteiger charge is -2.15. The van der Waals surface area contributed by atoms with Crippen molar-refractivity contribution in [2.24, 2.45) is 5.41 Å². The largest absolute Gasteiger partial charge is 0.350 e. The van der Waals surface area contributed by atoms with Crippen LogP contribution in [0.25, 0.3) is 0 Å². The van der Waals surface area contributed by atoms with Gasteiger partial charge in [0.05, 0.1) is 17.0 Å². The van der Waals surface area contributed by atoms with Crippen molar-refractivity contribution in [2.75, 3.05) is 6.54 Å². The summed E-state index contributed by atoms with van der Waals surface area (Å²) < 4.78 is 26.0. The van der Waals surface area contributed by atoms with Crippen LogP contribution in [0.2, 0.25) is 0 Å². The maximum absolute atomic E-state index is 13.2. The molecule has 1 aromatic rings. The molecular formula is C11H11F2N3O. The Kier molecular flexibility index (Phi) is 3.73. The van der Waals surface area contributed by atoms with Crippen molar-refractivity contribution in [1.82, 2.24) is 10.3 Å². The fraction of sp³-hybridized carbons (Fsp3) is 0.364. The minimum Gasteiger partial charge on any atom is -0.350 e. The second kappa shape index (κ2) is 4.87. The molecule has 0 aromatic carbocycles. The molecular weight excluding hydrogens is 228 g/mol. The minimum atomic E-state index is -1.32. The summed E-state index contributed by atoms with van der Waals surface area (Å²) in [5.41, 5.74) is -1.19. The van der Waals surface area contributed by atoms with Crippen LogP contribution in [0, 0.1) is 28.5 Å². The van der Waals surface area contributed by atoms with Gasteiger partial charge in [-0.3, -0.25) is 4.79 Å². The molecule has 0 bridgehead atoms. The van der Waals surface area contributed by atoms with Gasteiger partial charge in [-0.1, -0.05) is 0 Å². The number of hydrogen-bond acceptors (Lipinski definition) is 3. The number of halogens is 2. The number of aromatic nitrogens is 1. The second-order valence-corrected chi connectivity index (χ2v) is 4.14. The number of nitriles is 1. The van der Waals surface area contributed by atoms with E-state index in [0.717, 1.165) is 12.3 Å². The Hall–Kier alpha value is -2.03. The monoisotopic (exact) mass is 239 g/mol. The van der Waals surface area contributed by atoms with Crippen molar-refractivity contribution in [3.05, 3.63) is 29.6 Å².